The molecule has 0 spiro atoms. The molecule has 5 nitrogen and oxygen atoms in total. The largest absolute Gasteiger partial charge is 0.493 e. The van der Waals surface area contributed by atoms with Gasteiger partial charge in [-0.25, -0.2) is 0 Å². The van der Waals surface area contributed by atoms with Crippen molar-refractivity contribution in [3.8, 4) is 5.75 Å². The van der Waals surface area contributed by atoms with E-state index in [4.69, 9.17) is 15.2 Å². The molecule has 0 saturated heterocycles. The lowest BCUT2D eigenvalue weighted by Crippen LogP contribution is -2.50. The first-order chi connectivity index (χ1) is 10.3. The van der Waals surface area contributed by atoms with E-state index in [0.29, 0.717) is 12.5 Å². The number of methoxy groups -OCH3 is 1. The standard InChI is InChI=1S/C17H28N2O3/c1-12(2)10-22-14-8-6-13(7-9-14)17(3,4)19-16(20)15(18)11-21-5/h6-9,12,15H,10-11,18H2,1-5H3,(H,19,20). The molecule has 0 aromatic heterocycles. The molecule has 22 heavy (non-hydrogen) atoms. The van der Waals surface area contributed by atoms with Gasteiger partial charge in [-0.15, -0.1) is 0 Å². The lowest BCUT2D eigenvalue weighted by molar-refractivity contribution is -0.125. The molecule has 0 bridgehead atoms. The summed E-state index contributed by atoms with van der Waals surface area (Å²) in [5.41, 5.74) is 6.22. The van der Waals surface area contributed by atoms with Crippen LogP contribution < -0.4 is 15.8 Å². The van der Waals surface area contributed by atoms with Crippen LogP contribution in [0.4, 0.5) is 0 Å². The smallest absolute Gasteiger partial charge is 0.239 e. The highest BCUT2D eigenvalue weighted by Crippen LogP contribution is 2.23. The maximum atomic E-state index is 12.0. The maximum absolute atomic E-state index is 12.0. The zero-order chi connectivity index (χ0) is 16.8. The van der Waals surface area contributed by atoms with Crippen molar-refractivity contribution in [1.29, 1.82) is 0 Å². The molecule has 1 aromatic rings. The van der Waals surface area contributed by atoms with Gasteiger partial charge in [0.25, 0.3) is 0 Å². The molecule has 0 heterocycles. The van der Waals surface area contributed by atoms with Gasteiger partial charge < -0.3 is 20.5 Å². The molecular formula is C17H28N2O3. The van der Waals surface area contributed by atoms with E-state index < -0.39 is 11.6 Å². The third-order valence-electron chi connectivity index (χ3n) is 3.28. The third-order valence-corrected chi connectivity index (χ3v) is 3.28. The van der Waals surface area contributed by atoms with Crippen LogP contribution in [0.25, 0.3) is 0 Å². The first kappa shape index (κ1) is 18.5. The zero-order valence-corrected chi connectivity index (χ0v) is 14.2. The van der Waals surface area contributed by atoms with Gasteiger partial charge >= 0.3 is 0 Å². The van der Waals surface area contributed by atoms with Gasteiger partial charge in [0.15, 0.2) is 0 Å². The minimum absolute atomic E-state index is 0.198. The van der Waals surface area contributed by atoms with Crippen molar-refractivity contribution < 1.29 is 14.3 Å². The van der Waals surface area contributed by atoms with Crippen molar-refractivity contribution >= 4 is 5.91 Å². The van der Waals surface area contributed by atoms with Crippen LogP contribution in [-0.4, -0.2) is 32.3 Å². The second kappa shape index (κ2) is 8.15. The van der Waals surface area contributed by atoms with E-state index in [2.05, 4.69) is 19.2 Å². The number of carbonyl (C=O) groups is 1. The SMILES string of the molecule is COCC(N)C(=O)NC(C)(C)c1ccc(OCC(C)C)cc1. The Balaban J connectivity index is 2.70. The first-order valence-electron chi connectivity index (χ1n) is 7.56. The van der Waals surface area contributed by atoms with E-state index in [0.717, 1.165) is 11.3 Å². The minimum atomic E-state index is -0.669. The number of carbonyl (C=O) groups excluding carboxylic acids is 1. The Bertz CT molecular complexity index is 469. The molecule has 3 N–H and O–H groups in total. The lowest BCUT2D eigenvalue weighted by Gasteiger charge is -2.28. The highest BCUT2D eigenvalue weighted by molar-refractivity contribution is 5.82. The van der Waals surface area contributed by atoms with E-state index in [9.17, 15) is 4.79 Å². The van der Waals surface area contributed by atoms with Crippen LogP contribution in [0, 0.1) is 5.92 Å². The van der Waals surface area contributed by atoms with Gasteiger partial charge in [-0.1, -0.05) is 26.0 Å². The summed E-state index contributed by atoms with van der Waals surface area (Å²) in [6, 6.07) is 7.08. The van der Waals surface area contributed by atoms with E-state index in [1.165, 1.54) is 7.11 Å². The normalized spacial score (nSPS) is 13.0. The average molecular weight is 308 g/mol. The number of nitrogens with two attached hydrogens (primary N) is 1. The minimum Gasteiger partial charge on any atom is -0.493 e. The van der Waals surface area contributed by atoms with Crippen molar-refractivity contribution in [3.63, 3.8) is 0 Å². The summed E-state index contributed by atoms with van der Waals surface area (Å²) in [5.74, 6) is 1.08. The Kier molecular flexibility index (Phi) is 6.84. The van der Waals surface area contributed by atoms with Crippen molar-refractivity contribution in [3.05, 3.63) is 29.8 Å². The molecule has 0 saturated carbocycles. The van der Waals surface area contributed by atoms with Gasteiger partial charge in [0.05, 0.1) is 18.8 Å². The molecular weight excluding hydrogens is 280 g/mol. The Morgan fingerprint density at radius 1 is 1.23 bits per heavy atom. The van der Waals surface area contributed by atoms with Crippen LogP contribution in [0.1, 0.15) is 33.3 Å². The Hall–Kier alpha value is -1.59. The van der Waals surface area contributed by atoms with Gasteiger partial charge in [-0.05, 0) is 37.5 Å². The summed E-state index contributed by atoms with van der Waals surface area (Å²) < 4.78 is 10.6. The highest BCUT2D eigenvalue weighted by Gasteiger charge is 2.25. The van der Waals surface area contributed by atoms with Crippen molar-refractivity contribution in [1.82, 2.24) is 5.32 Å². The molecule has 124 valence electrons. The molecule has 1 rings (SSSR count). The molecule has 1 amide bonds. The molecule has 0 aliphatic carbocycles. The zero-order valence-electron chi connectivity index (χ0n) is 14.2. The van der Waals surface area contributed by atoms with Crippen LogP contribution >= 0.6 is 0 Å². The summed E-state index contributed by atoms with van der Waals surface area (Å²) in [7, 11) is 1.52. The predicted molar refractivity (Wildman–Crippen MR) is 87.8 cm³/mol. The topological polar surface area (TPSA) is 73.6 Å². The average Bonchev–Trinajstić information content (AvgIpc) is 2.45. The summed E-state index contributed by atoms with van der Waals surface area (Å²) in [5, 5.41) is 2.94. The summed E-state index contributed by atoms with van der Waals surface area (Å²) in [6.07, 6.45) is 0. The summed E-state index contributed by atoms with van der Waals surface area (Å²) in [6.45, 7) is 8.98. The molecule has 0 radical (unpaired) electrons. The van der Waals surface area contributed by atoms with Crippen LogP contribution in [0.2, 0.25) is 0 Å². The summed E-state index contributed by atoms with van der Waals surface area (Å²) >= 11 is 0. The number of hydrogen-bond donors (Lipinski definition) is 2. The Morgan fingerprint density at radius 2 is 1.82 bits per heavy atom. The third kappa shape index (κ3) is 5.66. The molecule has 0 aliphatic heterocycles. The van der Waals surface area contributed by atoms with E-state index >= 15 is 0 Å². The van der Waals surface area contributed by atoms with E-state index in [-0.39, 0.29) is 12.5 Å². The number of amides is 1. The van der Waals surface area contributed by atoms with Crippen molar-refractivity contribution in [2.24, 2.45) is 11.7 Å². The number of rotatable bonds is 8. The number of ether oxygens (including phenoxy) is 2. The summed E-state index contributed by atoms with van der Waals surface area (Å²) in [4.78, 5) is 12.0. The number of benzene rings is 1. The quantitative estimate of drug-likeness (QED) is 0.771. The van der Waals surface area contributed by atoms with Gasteiger partial charge in [0.1, 0.15) is 11.8 Å². The van der Waals surface area contributed by atoms with Crippen LogP contribution in [0.15, 0.2) is 24.3 Å². The molecule has 0 fully saturated rings. The monoisotopic (exact) mass is 308 g/mol. The highest BCUT2D eigenvalue weighted by atomic mass is 16.5. The lowest BCUT2D eigenvalue weighted by atomic mass is 9.94. The maximum Gasteiger partial charge on any atom is 0.239 e. The first-order valence-corrected chi connectivity index (χ1v) is 7.56. The second-order valence-electron chi connectivity index (χ2n) is 6.41. The van der Waals surface area contributed by atoms with Crippen molar-refractivity contribution in [2.75, 3.05) is 20.3 Å². The van der Waals surface area contributed by atoms with Gasteiger partial charge in [0.2, 0.25) is 5.91 Å². The predicted octanol–water partition coefficient (Wildman–Crippen LogP) is 2.05. The molecule has 0 aliphatic rings. The fourth-order valence-electron chi connectivity index (χ4n) is 1.96. The fourth-order valence-corrected chi connectivity index (χ4v) is 1.96. The Labute approximate surface area is 133 Å². The van der Waals surface area contributed by atoms with Gasteiger partial charge in [-0.3, -0.25) is 4.79 Å². The van der Waals surface area contributed by atoms with Crippen LogP contribution in [0.5, 0.6) is 5.75 Å². The molecule has 5 heteroatoms. The second-order valence-corrected chi connectivity index (χ2v) is 6.41. The van der Waals surface area contributed by atoms with E-state index in [1.54, 1.807) is 0 Å². The molecule has 1 atom stereocenters. The fraction of sp³-hybridized carbons (Fsp3) is 0.588. The van der Waals surface area contributed by atoms with Gasteiger partial charge in [-0.2, -0.15) is 0 Å². The number of hydrogen-bond acceptors (Lipinski definition) is 4. The van der Waals surface area contributed by atoms with E-state index in [1.807, 2.05) is 38.1 Å². The van der Waals surface area contributed by atoms with Gasteiger partial charge in [0, 0.05) is 7.11 Å². The van der Waals surface area contributed by atoms with Crippen LogP contribution in [-0.2, 0) is 15.1 Å². The van der Waals surface area contributed by atoms with Crippen LogP contribution in [0.3, 0.4) is 0 Å². The molecule has 1 aromatic carbocycles. The van der Waals surface area contributed by atoms with Crippen molar-refractivity contribution in [2.45, 2.75) is 39.3 Å². The Morgan fingerprint density at radius 3 is 2.32 bits per heavy atom. The number of nitrogens with one attached hydrogen (secondary N) is 1. The molecule has 1 unspecified atom stereocenters.